The van der Waals surface area contributed by atoms with E-state index in [-0.39, 0.29) is 22.8 Å². The molecule has 29 heavy (non-hydrogen) atoms. The normalized spacial score (nSPS) is 10.6. The number of rotatable bonds is 5. The summed E-state index contributed by atoms with van der Waals surface area (Å²) in [5, 5.41) is 43.0. The Morgan fingerprint density at radius 1 is 1.24 bits per heavy atom. The van der Waals surface area contributed by atoms with Crippen molar-refractivity contribution in [3.63, 3.8) is 0 Å². The lowest BCUT2D eigenvalue weighted by Crippen LogP contribution is -2.16. The summed E-state index contributed by atoms with van der Waals surface area (Å²) in [5.41, 5.74) is 1.65. The van der Waals surface area contributed by atoms with Crippen LogP contribution in [0.5, 0.6) is 11.5 Å². The van der Waals surface area contributed by atoms with Gasteiger partial charge in [-0.2, -0.15) is 10.4 Å². The van der Waals surface area contributed by atoms with Crippen LogP contribution in [-0.2, 0) is 0 Å². The highest BCUT2D eigenvalue weighted by molar-refractivity contribution is 5.87. The van der Waals surface area contributed by atoms with E-state index in [9.17, 15) is 30.4 Å². The Bertz CT molecular complexity index is 1210. The van der Waals surface area contributed by atoms with E-state index in [0.717, 1.165) is 18.3 Å². The number of nitro groups is 1. The number of hydrazone groups is 1. The van der Waals surface area contributed by atoms with Crippen molar-refractivity contribution < 1.29 is 15.1 Å². The fourth-order valence-electron chi connectivity index (χ4n) is 2.44. The quantitative estimate of drug-likeness (QED) is 0.220. The molecule has 1 heterocycles. The summed E-state index contributed by atoms with van der Waals surface area (Å²) in [6, 6.07) is 12.1. The van der Waals surface area contributed by atoms with Crippen LogP contribution >= 0.6 is 0 Å². The third-order valence-electron chi connectivity index (χ3n) is 3.77. The third-order valence-corrected chi connectivity index (χ3v) is 3.77. The van der Waals surface area contributed by atoms with E-state index in [1.807, 2.05) is 0 Å². The summed E-state index contributed by atoms with van der Waals surface area (Å²) in [6.07, 6.45) is 1.01. The first kappa shape index (κ1) is 19.1. The molecule has 3 aromatic rings. The molecule has 0 saturated heterocycles. The lowest BCUT2D eigenvalue weighted by Gasteiger charge is -2.06. The predicted molar refractivity (Wildman–Crippen MR) is 103 cm³/mol. The highest BCUT2D eigenvalue weighted by atomic mass is 16.6. The highest BCUT2D eigenvalue weighted by Gasteiger charge is 2.17. The van der Waals surface area contributed by atoms with Crippen LogP contribution in [0.15, 0.2) is 52.4 Å². The molecule has 0 unspecified atom stereocenters. The zero-order valence-electron chi connectivity index (χ0n) is 14.5. The van der Waals surface area contributed by atoms with Gasteiger partial charge in [0.1, 0.15) is 11.6 Å². The van der Waals surface area contributed by atoms with Crippen LogP contribution in [0, 0.1) is 21.4 Å². The van der Waals surface area contributed by atoms with E-state index in [0.29, 0.717) is 5.56 Å². The van der Waals surface area contributed by atoms with E-state index < -0.39 is 27.7 Å². The van der Waals surface area contributed by atoms with Crippen molar-refractivity contribution >= 4 is 17.9 Å². The number of nitro benzene ring substituents is 1. The van der Waals surface area contributed by atoms with Gasteiger partial charge in [0.15, 0.2) is 11.5 Å². The summed E-state index contributed by atoms with van der Waals surface area (Å²) in [7, 11) is 0. The monoisotopic (exact) mass is 392 g/mol. The van der Waals surface area contributed by atoms with Crippen LogP contribution in [0.4, 0.5) is 11.6 Å². The number of aromatic hydroxyl groups is 2. The van der Waals surface area contributed by atoms with Gasteiger partial charge in [0.2, 0.25) is 5.95 Å². The van der Waals surface area contributed by atoms with Gasteiger partial charge >= 0.3 is 0 Å². The van der Waals surface area contributed by atoms with E-state index in [4.69, 9.17) is 0 Å². The second kappa shape index (κ2) is 7.89. The first-order valence-corrected chi connectivity index (χ1v) is 8.00. The maximum atomic E-state index is 12.2. The number of nitriles is 1. The number of aromatic amines is 1. The Hall–Kier alpha value is -4.72. The molecule has 4 N–H and O–H groups in total. The minimum Gasteiger partial charge on any atom is -0.504 e. The average molecular weight is 392 g/mol. The molecule has 1 aromatic heterocycles. The van der Waals surface area contributed by atoms with E-state index in [1.54, 1.807) is 36.4 Å². The van der Waals surface area contributed by atoms with Gasteiger partial charge < -0.3 is 10.2 Å². The average Bonchev–Trinajstić information content (AvgIpc) is 2.70. The van der Waals surface area contributed by atoms with E-state index in [1.165, 1.54) is 0 Å². The summed E-state index contributed by atoms with van der Waals surface area (Å²) in [5.74, 6) is -1.31. The maximum Gasteiger partial charge on any atom is 0.282 e. The van der Waals surface area contributed by atoms with Gasteiger partial charge in [-0.25, -0.2) is 10.4 Å². The molecular weight excluding hydrogens is 380 g/mol. The maximum absolute atomic E-state index is 12.2. The molecule has 0 aliphatic rings. The van der Waals surface area contributed by atoms with Crippen LogP contribution in [-0.4, -0.2) is 31.3 Å². The summed E-state index contributed by atoms with van der Waals surface area (Å²) < 4.78 is 0. The van der Waals surface area contributed by atoms with Crippen molar-refractivity contribution in [2.75, 3.05) is 5.43 Å². The van der Waals surface area contributed by atoms with Gasteiger partial charge in [0.25, 0.3) is 11.2 Å². The third kappa shape index (κ3) is 4.01. The zero-order chi connectivity index (χ0) is 21.0. The SMILES string of the molecule is N#Cc1c(-c2ccccc2)nc(NN=Cc2cc(O)c(O)cc2[N+](=O)[O-])[nH]c1=O. The Kier molecular flexibility index (Phi) is 5.18. The number of hydrogen-bond acceptors (Lipinski definition) is 9. The largest absolute Gasteiger partial charge is 0.504 e. The molecule has 2 aromatic carbocycles. The van der Waals surface area contributed by atoms with Crippen LogP contribution in [0.25, 0.3) is 11.3 Å². The van der Waals surface area contributed by atoms with Crippen molar-refractivity contribution in [3.05, 3.63) is 74.1 Å². The minimum absolute atomic E-state index is 0.0999. The van der Waals surface area contributed by atoms with Gasteiger partial charge in [-0.15, -0.1) is 0 Å². The molecule has 0 aliphatic carbocycles. The molecule has 144 valence electrons. The molecule has 0 radical (unpaired) electrons. The standard InChI is InChI=1S/C18H12N6O5/c19-8-12-16(10-4-2-1-3-5-10)21-18(22-17(12)27)23-20-9-11-6-14(25)15(26)7-13(11)24(28)29/h1-7,9,25-26H,(H2,21,22,23,27). The van der Waals surface area contributed by atoms with Gasteiger partial charge in [-0.05, 0) is 6.07 Å². The molecule has 11 heteroatoms. The van der Waals surface area contributed by atoms with Crippen LogP contribution in [0.3, 0.4) is 0 Å². The molecule has 0 atom stereocenters. The van der Waals surface area contributed by atoms with E-state index in [2.05, 4.69) is 20.5 Å². The molecule has 0 aliphatic heterocycles. The van der Waals surface area contributed by atoms with Crippen molar-refractivity contribution in [2.24, 2.45) is 5.10 Å². The number of nitrogens with zero attached hydrogens (tertiary/aromatic N) is 4. The molecule has 0 saturated carbocycles. The second-order valence-electron chi connectivity index (χ2n) is 5.64. The summed E-state index contributed by atoms with van der Waals surface area (Å²) >= 11 is 0. The number of phenolic OH excluding ortho intramolecular Hbond substituents is 2. The Balaban J connectivity index is 1.96. The smallest absolute Gasteiger partial charge is 0.282 e. The van der Waals surface area contributed by atoms with Gasteiger partial charge in [0.05, 0.1) is 28.5 Å². The zero-order valence-corrected chi connectivity index (χ0v) is 14.5. The lowest BCUT2D eigenvalue weighted by molar-refractivity contribution is -0.385. The molecule has 0 bridgehead atoms. The first-order valence-electron chi connectivity index (χ1n) is 8.00. The fourth-order valence-corrected chi connectivity index (χ4v) is 2.44. The highest BCUT2D eigenvalue weighted by Crippen LogP contribution is 2.31. The topological polar surface area (TPSA) is 178 Å². The molecule has 0 amide bonds. The Morgan fingerprint density at radius 2 is 1.93 bits per heavy atom. The van der Waals surface area contributed by atoms with Gasteiger partial charge in [0, 0.05) is 5.56 Å². The number of nitrogens with one attached hydrogen (secondary N) is 2. The van der Waals surface area contributed by atoms with Gasteiger partial charge in [-0.1, -0.05) is 30.3 Å². The van der Waals surface area contributed by atoms with Crippen molar-refractivity contribution in [2.45, 2.75) is 0 Å². The number of phenols is 2. The van der Waals surface area contributed by atoms with Crippen LogP contribution in [0.2, 0.25) is 0 Å². The van der Waals surface area contributed by atoms with Crippen molar-refractivity contribution in [1.29, 1.82) is 5.26 Å². The number of H-pyrrole nitrogens is 1. The molecule has 11 nitrogen and oxygen atoms in total. The molecule has 3 rings (SSSR count). The minimum atomic E-state index is -0.754. The molecule has 0 spiro atoms. The number of benzene rings is 2. The summed E-state index contributed by atoms with van der Waals surface area (Å²) in [4.78, 5) is 29.0. The van der Waals surface area contributed by atoms with Crippen LogP contribution in [0.1, 0.15) is 11.1 Å². The second-order valence-corrected chi connectivity index (χ2v) is 5.64. The van der Waals surface area contributed by atoms with Crippen LogP contribution < -0.4 is 11.0 Å². The number of hydrogen-bond donors (Lipinski definition) is 4. The molecule has 0 fully saturated rings. The van der Waals surface area contributed by atoms with E-state index >= 15 is 0 Å². The number of aromatic nitrogens is 2. The van der Waals surface area contributed by atoms with Crippen molar-refractivity contribution in [1.82, 2.24) is 9.97 Å². The Labute approximate surface area is 162 Å². The summed E-state index contributed by atoms with van der Waals surface area (Å²) in [6.45, 7) is 0. The number of anilines is 1. The molecular formula is C18H12N6O5. The predicted octanol–water partition coefficient (Wildman–Crippen LogP) is 2.07. The fraction of sp³-hybridized carbons (Fsp3) is 0. The van der Waals surface area contributed by atoms with Gasteiger partial charge in [-0.3, -0.25) is 19.9 Å². The lowest BCUT2D eigenvalue weighted by atomic mass is 10.1. The van der Waals surface area contributed by atoms with Crippen molar-refractivity contribution in [3.8, 4) is 28.8 Å². The first-order chi connectivity index (χ1) is 13.9. The Morgan fingerprint density at radius 3 is 2.59 bits per heavy atom.